The average molecular weight is 242 g/mol. The number of rotatable bonds is 0. The summed E-state index contributed by atoms with van der Waals surface area (Å²) < 4.78 is 35.8. The Morgan fingerprint density at radius 3 is 2.20 bits per heavy atom. The highest BCUT2D eigenvalue weighted by Gasteiger charge is 2.31. The average Bonchev–Trinajstić information content (AvgIpc) is 2.09. The normalized spacial score (nSPS) is 10.5. The van der Waals surface area contributed by atoms with Gasteiger partial charge < -0.3 is 4.98 Å². The van der Waals surface area contributed by atoms with Crippen molar-refractivity contribution in [2.24, 2.45) is 0 Å². The Balaban J connectivity index is 0.000000583. The van der Waals surface area contributed by atoms with Gasteiger partial charge in [-0.15, -0.1) is 0 Å². The number of hydrogen-bond acceptors (Lipinski definition) is 1. The number of nitrogens with one attached hydrogen (secondary N) is 1. The minimum absolute atomic E-state index is 0.468. The van der Waals surface area contributed by atoms with E-state index in [9.17, 15) is 18.0 Å². The second-order valence-corrected chi connectivity index (χ2v) is 3.18. The molecular formula is C9H11ClF3NO. The molecule has 0 amide bonds. The molecule has 1 rings (SSSR count). The molecule has 1 aromatic rings. The zero-order valence-electron chi connectivity index (χ0n) is 8.28. The highest BCUT2D eigenvalue weighted by Crippen LogP contribution is 2.28. The van der Waals surface area contributed by atoms with Crippen molar-refractivity contribution in [2.45, 2.75) is 26.4 Å². The Kier molecular flexibility index (Phi) is 5.43. The summed E-state index contributed by atoms with van der Waals surface area (Å²) in [6.07, 6.45) is -2.65. The molecule has 0 aliphatic heterocycles. The fraction of sp³-hybridized carbons (Fsp3) is 0.444. The van der Waals surface area contributed by atoms with E-state index in [4.69, 9.17) is 11.6 Å². The van der Waals surface area contributed by atoms with Crippen molar-refractivity contribution in [3.63, 3.8) is 0 Å². The van der Waals surface area contributed by atoms with Crippen LogP contribution in [-0.4, -0.2) is 4.98 Å². The van der Waals surface area contributed by atoms with Crippen LogP contribution in [0.1, 0.15) is 25.8 Å². The topological polar surface area (TPSA) is 32.9 Å². The Morgan fingerprint density at radius 2 is 1.87 bits per heavy atom. The van der Waals surface area contributed by atoms with E-state index < -0.39 is 22.3 Å². The molecule has 1 N–H and O–H groups in total. The van der Waals surface area contributed by atoms with Crippen LogP contribution >= 0.6 is 11.6 Å². The summed E-state index contributed by atoms with van der Waals surface area (Å²) in [4.78, 5) is 12.4. The molecule has 0 radical (unpaired) electrons. The largest absolute Gasteiger partial charge is 0.417 e. The fourth-order valence-corrected chi connectivity index (χ4v) is 0.792. The third-order valence-corrected chi connectivity index (χ3v) is 1.47. The molecule has 0 fully saturated rings. The number of aromatic nitrogens is 1. The second-order valence-electron chi connectivity index (χ2n) is 2.77. The first kappa shape index (κ1) is 14.0. The molecule has 0 bridgehead atoms. The predicted octanol–water partition coefficient (Wildman–Crippen LogP) is 3.46. The van der Waals surface area contributed by atoms with Crippen LogP contribution in [-0.2, 0) is 6.18 Å². The van der Waals surface area contributed by atoms with Crippen molar-refractivity contribution in [3.05, 3.63) is 33.2 Å². The summed E-state index contributed by atoms with van der Waals surface area (Å²) in [7, 11) is 0. The van der Waals surface area contributed by atoms with Gasteiger partial charge in [0.15, 0.2) is 0 Å². The summed E-state index contributed by atoms with van der Waals surface area (Å²) in [5.74, 6) is 0. The first-order valence-corrected chi connectivity index (χ1v) is 4.66. The number of alkyl halides is 3. The molecule has 0 saturated heterocycles. The zero-order chi connectivity index (χ0) is 12.1. The summed E-state index contributed by atoms with van der Waals surface area (Å²) in [6.45, 7) is 4.25. The Morgan fingerprint density at radius 1 is 1.40 bits per heavy atom. The molecule has 2 nitrogen and oxygen atoms in total. The van der Waals surface area contributed by atoms with E-state index in [0.29, 0.717) is 12.3 Å². The number of halogens is 4. The van der Waals surface area contributed by atoms with Crippen LogP contribution in [0.25, 0.3) is 0 Å². The van der Waals surface area contributed by atoms with Crippen molar-refractivity contribution < 1.29 is 13.2 Å². The highest BCUT2D eigenvalue weighted by atomic mass is 35.5. The van der Waals surface area contributed by atoms with Gasteiger partial charge in [-0.25, -0.2) is 0 Å². The minimum atomic E-state index is -4.48. The van der Waals surface area contributed by atoms with Crippen LogP contribution in [0.4, 0.5) is 13.2 Å². The standard InChI is InChI=1S/C6H3ClF3NO.C3H8/c7-4-1-3(6(8,9)10)2-11-5(4)12;1-3-2/h1-2H,(H,11,12);3H2,1-2H3. The van der Waals surface area contributed by atoms with Crippen molar-refractivity contribution in [3.8, 4) is 0 Å². The van der Waals surface area contributed by atoms with Crippen LogP contribution in [0.2, 0.25) is 5.02 Å². The molecule has 0 unspecified atom stereocenters. The van der Waals surface area contributed by atoms with E-state index in [1.165, 1.54) is 6.42 Å². The van der Waals surface area contributed by atoms with Crippen molar-refractivity contribution in [1.29, 1.82) is 0 Å². The minimum Gasteiger partial charge on any atom is -0.327 e. The maximum atomic E-state index is 11.9. The van der Waals surface area contributed by atoms with E-state index in [1.54, 1.807) is 0 Å². The molecule has 1 aromatic heterocycles. The van der Waals surface area contributed by atoms with Gasteiger partial charge in [-0.2, -0.15) is 13.2 Å². The predicted molar refractivity (Wildman–Crippen MR) is 53.0 cm³/mol. The Labute approximate surface area is 90.1 Å². The summed E-state index contributed by atoms with van der Waals surface area (Å²) in [5, 5.41) is -0.468. The summed E-state index contributed by atoms with van der Waals surface area (Å²) in [6, 6.07) is 0.584. The van der Waals surface area contributed by atoms with E-state index in [1.807, 2.05) is 4.98 Å². The lowest BCUT2D eigenvalue weighted by Gasteiger charge is -2.04. The molecule has 15 heavy (non-hydrogen) atoms. The molecule has 0 aliphatic rings. The van der Waals surface area contributed by atoms with Gasteiger partial charge in [-0.05, 0) is 6.07 Å². The maximum Gasteiger partial charge on any atom is 0.417 e. The highest BCUT2D eigenvalue weighted by molar-refractivity contribution is 6.30. The van der Waals surface area contributed by atoms with E-state index in [-0.39, 0.29) is 0 Å². The SMILES string of the molecule is CCC.O=c1[nH]cc(C(F)(F)F)cc1Cl. The molecule has 0 spiro atoms. The first-order chi connectivity index (χ1) is 6.82. The van der Waals surface area contributed by atoms with Gasteiger partial charge >= 0.3 is 6.18 Å². The van der Waals surface area contributed by atoms with Gasteiger partial charge in [0.05, 0.1) is 5.56 Å². The van der Waals surface area contributed by atoms with Crippen LogP contribution < -0.4 is 5.56 Å². The van der Waals surface area contributed by atoms with Crippen molar-refractivity contribution in [2.75, 3.05) is 0 Å². The number of H-pyrrole nitrogens is 1. The monoisotopic (exact) mass is 241 g/mol. The summed E-state index contributed by atoms with van der Waals surface area (Å²) in [5.41, 5.74) is -1.70. The number of aromatic amines is 1. The molecular weight excluding hydrogens is 231 g/mol. The van der Waals surface area contributed by atoms with Gasteiger partial charge in [-0.1, -0.05) is 31.9 Å². The zero-order valence-corrected chi connectivity index (χ0v) is 9.04. The lowest BCUT2D eigenvalue weighted by Crippen LogP contribution is -2.12. The van der Waals surface area contributed by atoms with E-state index in [2.05, 4.69) is 13.8 Å². The van der Waals surface area contributed by atoms with Crippen LogP contribution in [0.15, 0.2) is 17.1 Å². The van der Waals surface area contributed by atoms with E-state index >= 15 is 0 Å². The smallest absolute Gasteiger partial charge is 0.327 e. The molecule has 6 heteroatoms. The molecule has 1 heterocycles. The quantitative estimate of drug-likeness (QED) is 0.741. The van der Waals surface area contributed by atoms with Gasteiger partial charge in [-0.3, -0.25) is 4.79 Å². The van der Waals surface area contributed by atoms with Crippen LogP contribution in [0.3, 0.4) is 0 Å². The lowest BCUT2D eigenvalue weighted by atomic mass is 10.3. The van der Waals surface area contributed by atoms with Gasteiger partial charge in [0.2, 0.25) is 0 Å². The maximum absolute atomic E-state index is 11.9. The van der Waals surface area contributed by atoms with Crippen molar-refractivity contribution >= 4 is 11.6 Å². The molecule has 0 saturated carbocycles. The number of hydrogen-bond donors (Lipinski definition) is 1. The third kappa shape index (κ3) is 4.88. The second kappa shape index (κ2) is 5.80. The van der Waals surface area contributed by atoms with Crippen LogP contribution in [0.5, 0.6) is 0 Å². The first-order valence-electron chi connectivity index (χ1n) is 4.28. The molecule has 86 valence electrons. The van der Waals surface area contributed by atoms with Gasteiger partial charge in [0.1, 0.15) is 5.02 Å². The fourth-order valence-electron chi connectivity index (χ4n) is 0.620. The lowest BCUT2D eigenvalue weighted by molar-refractivity contribution is -0.137. The Bertz CT molecular complexity index is 359. The molecule has 0 atom stereocenters. The van der Waals surface area contributed by atoms with Gasteiger partial charge in [0, 0.05) is 6.20 Å². The van der Waals surface area contributed by atoms with Crippen molar-refractivity contribution in [1.82, 2.24) is 4.98 Å². The Hall–Kier alpha value is -0.970. The number of pyridine rings is 1. The van der Waals surface area contributed by atoms with E-state index in [0.717, 1.165) is 0 Å². The van der Waals surface area contributed by atoms with Gasteiger partial charge in [0.25, 0.3) is 5.56 Å². The molecule has 0 aromatic carbocycles. The third-order valence-electron chi connectivity index (χ3n) is 1.19. The summed E-state index contributed by atoms with van der Waals surface area (Å²) >= 11 is 5.18. The van der Waals surface area contributed by atoms with Crippen LogP contribution in [0, 0.1) is 0 Å². The molecule has 0 aliphatic carbocycles.